The van der Waals surface area contributed by atoms with Crippen LogP contribution < -0.4 is 0 Å². The quantitative estimate of drug-likeness (QED) is 0.0205. The first-order chi connectivity index (χ1) is 27.0. The molecule has 55 heavy (non-hydrogen) atoms. The van der Waals surface area contributed by atoms with Gasteiger partial charge in [0, 0.05) is 19.3 Å². The van der Waals surface area contributed by atoms with Gasteiger partial charge in [-0.25, -0.2) is 0 Å². The van der Waals surface area contributed by atoms with Gasteiger partial charge in [-0.1, -0.05) is 157 Å². The fourth-order valence-corrected chi connectivity index (χ4v) is 5.47. The molecule has 0 rings (SSSR count). The van der Waals surface area contributed by atoms with Crippen LogP contribution in [-0.4, -0.2) is 37.2 Å². The van der Waals surface area contributed by atoms with Crippen molar-refractivity contribution in [3.05, 3.63) is 85.1 Å². The molecular formula is C49H80O6. The summed E-state index contributed by atoms with van der Waals surface area (Å²) in [6.45, 7) is 6.39. The van der Waals surface area contributed by atoms with Gasteiger partial charge < -0.3 is 14.2 Å². The number of allylic oxidation sites excluding steroid dienone is 14. The maximum Gasteiger partial charge on any atom is 0.306 e. The minimum Gasteiger partial charge on any atom is -0.462 e. The highest BCUT2D eigenvalue weighted by Crippen LogP contribution is 2.10. The largest absolute Gasteiger partial charge is 0.462 e. The van der Waals surface area contributed by atoms with Gasteiger partial charge in [0.2, 0.25) is 0 Å². The first-order valence-electron chi connectivity index (χ1n) is 22.1. The molecule has 0 amide bonds. The van der Waals surface area contributed by atoms with Crippen molar-refractivity contribution in [1.82, 2.24) is 0 Å². The monoisotopic (exact) mass is 765 g/mol. The average molecular weight is 765 g/mol. The first-order valence-corrected chi connectivity index (χ1v) is 22.1. The van der Waals surface area contributed by atoms with Crippen molar-refractivity contribution >= 4 is 17.9 Å². The molecule has 0 radical (unpaired) electrons. The number of esters is 3. The predicted molar refractivity (Wildman–Crippen MR) is 233 cm³/mol. The van der Waals surface area contributed by atoms with Gasteiger partial charge in [-0.3, -0.25) is 14.4 Å². The summed E-state index contributed by atoms with van der Waals surface area (Å²) < 4.78 is 16.5. The Hall–Kier alpha value is -3.41. The van der Waals surface area contributed by atoms with E-state index in [1.54, 1.807) is 0 Å². The van der Waals surface area contributed by atoms with E-state index in [9.17, 15) is 14.4 Å². The van der Waals surface area contributed by atoms with E-state index in [0.29, 0.717) is 19.3 Å². The highest BCUT2D eigenvalue weighted by atomic mass is 16.6. The van der Waals surface area contributed by atoms with Gasteiger partial charge in [0.25, 0.3) is 0 Å². The summed E-state index contributed by atoms with van der Waals surface area (Å²) in [7, 11) is 0. The standard InChI is InChI=1S/C49H80O6/c1-4-7-10-13-16-19-21-22-23-24-25-26-28-30-33-36-39-42-48(51)54-45-46(44-53-47(50)41-38-35-32-29-18-15-12-9-6-3)55-49(52)43-40-37-34-31-27-20-17-14-11-8-5-2/h14,16-17,19-20,22-23,25-27,29-30,32-33,46H,4-13,15,18,21,24,28,31,34-45H2,1-3H3/b17-14-,19-16-,23-22-,26-25-,27-20-,32-29-,33-30-. The highest BCUT2D eigenvalue weighted by Gasteiger charge is 2.19. The summed E-state index contributed by atoms with van der Waals surface area (Å²) in [5.74, 6) is -1.05. The molecule has 0 aromatic carbocycles. The summed E-state index contributed by atoms with van der Waals surface area (Å²) in [6.07, 6.45) is 54.4. The van der Waals surface area contributed by atoms with E-state index in [2.05, 4.69) is 106 Å². The van der Waals surface area contributed by atoms with E-state index in [0.717, 1.165) is 70.6 Å². The van der Waals surface area contributed by atoms with E-state index in [1.165, 1.54) is 64.2 Å². The minimum atomic E-state index is -0.820. The molecule has 0 saturated heterocycles. The number of carbonyl (C=O) groups is 3. The van der Waals surface area contributed by atoms with Crippen LogP contribution in [0.25, 0.3) is 0 Å². The van der Waals surface area contributed by atoms with E-state index in [4.69, 9.17) is 14.2 Å². The smallest absolute Gasteiger partial charge is 0.306 e. The van der Waals surface area contributed by atoms with Gasteiger partial charge in [-0.05, 0) is 96.3 Å². The molecule has 312 valence electrons. The second-order valence-corrected chi connectivity index (χ2v) is 14.3. The van der Waals surface area contributed by atoms with Crippen molar-refractivity contribution in [3.63, 3.8) is 0 Å². The third kappa shape index (κ3) is 41.6. The molecule has 0 aliphatic rings. The fraction of sp³-hybridized carbons (Fsp3) is 0.653. The zero-order valence-corrected chi connectivity index (χ0v) is 35.4. The van der Waals surface area contributed by atoms with Gasteiger partial charge in [-0.15, -0.1) is 0 Å². The van der Waals surface area contributed by atoms with E-state index in [1.807, 2.05) is 0 Å². The molecule has 0 fully saturated rings. The zero-order chi connectivity index (χ0) is 40.1. The van der Waals surface area contributed by atoms with Crippen molar-refractivity contribution < 1.29 is 28.6 Å². The number of hydrogen-bond donors (Lipinski definition) is 0. The Balaban J connectivity index is 4.51. The second-order valence-electron chi connectivity index (χ2n) is 14.3. The van der Waals surface area contributed by atoms with Crippen molar-refractivity contribution in [3.8, 4) is 0 Å². The van der Waals surface area contributed by atoms with Crippen LogP contribution >= 0.6 is 0 Å². The third-order valence-corrected chi connectivity index (χ3v) is 8.87. The molecule has 0 spiro atoms. The van der Waals surface area contributed by atoms with Crippen molar-refractivity contribution in [1.29, 1.82) is 0 Å². The average Bonchev–Trinajstić information content (AvgIpc) is 3.18. The fourth-order valence-electron chi connectivity index (χ4n) is 5.47. The van der Waals surface area contributed by atoms with Crippen LogP contribution in [-0.2, 0) is 28.6 Å². The molecule has 6 nitrogen and oxygen atoms in total. The molecule has 1 unspecified atom stereocenters. The number of unbranched alkanes of at least 4 members (excludes halogenated alkanes) is 14. The maximum atomic E-state index is 12.7. The van der Waals surface area contributed by atoms with Gasteiger partial charge >= 0.3 is 17.9 Å². The summed E-state index contributed by atoms with van der Waals surface area (Å²) in [5, 5.41) is 0. The van der Waals surface area contributed by atoms with Crippen LogP contribution in [0.2, 0.25) is 0 Å². The van der Waals surface area contributed by atoms with Gasteiger partial charge in [0.05, 0.1) is 0 Å². The molecule has 0 aromatic rings. The van der Waals surface area contributed by atoms with E-state index in [-0.39, 0.29) is 44.0 Å². The molecule has 0 aromatic heterocycles. The lowest BCUT2D eigenvalue weighted by atomic mass is 10.1. The summed E-state index contributed by atoms with van der Waals surface area (Å²) in [5.41, 5.74) is 0. The Morgan fingerprint density at radius 2 is 0.745 bits per heavy atom. The number of ether oxygens (including phenoxy) is 3. The molecule has 1 atom stereocenters. The van der Waals surface area contributed by atoms with E-state index < -0.39 is 6.10 Å². The van der Waals surface area contributed by atoms with E-state index >= 15 is 0 Å². The summed E-state index contributed by atoms with van der Waals surface area (Å²) >= 11 is 0. The molecule has 0 aliphatic carbocycles. The predicted octanol–water partition coefficient (Wildman–Crippen LogP) is 14.1. The lowest BCUT2D eigenvalue weighted by Gasteiger charge is -2.18. The van der Waals surface area contributed by atoms with Crippen molar-refractivity contribution in [2.24, 2.45) is 0 Å². The third-order valence-electron chi connectivity index (χ3n) is 8.87. The number of rotatable bonds is 38. The lowest BCUT2D eigenvalue weighted by Crippen LogP contribution is -2.30. The normalized spacial score (nSPS) is 12.9. The van der Waals surface area contributed by atoms with Crippen LogP contribution in [0, 0.1) is 0 Å². The SMILES string of the molecule is CCCC/C=C\C=C/CCCCCC(=O)OC(COC(=O)CCC/C=C\C/C=C\C/C=C\C/C=C\CCCCC)COC(=O)CCC/C=C\CCCCCC. The summed E-state index contributed by atoms with van der Waals surface area (Å²) in [4.78, 5) is 37.6. The highest BCUT2D eigenvalue weighted by molar-refractivity contribution is 5.71. The van der Waals surface area contributed by atoms with Crippen LogP contribution in [0.1, 0.15) is 188 Å². The summed E-state index contributed by atoms with van der Waals surface area (Å²) in [6, 6.07) is 0. The number of hydrogen-bond acceptors (Lipinski definition) is 6. The van der Waals surface area contributed by atoms with Crippen LogP contribution in [0.3, 0.4) is 0 Å². The molecule has 0 bridgehead atoms. The van der Waals surface area contributed by atoms with Crippen LogP contribution in [0.4, 0.5) is 0 Å². The Bertz CT molecular complexity index is 1110. The molecule has 6 heteroatoms. The lowest BCUT2D eigenvalue weighted by molar-refractivity contribution is -0.167. The Morgan fingerprint density at radius 1 is 0.382 bits per heavy atom. The van der Waals surface area contributed by atoms with Crippen LogP contribution in [0.15, 0.2) is 85.1 Å². The topological polar surface area (TPSA) is 78.9 Å². The maximum absolute atomic E-state index is 12.7. The molecule has 0 heterocycles. The molecule has 0 aliphatic heterocycles. The molecule has 0 saturated carbocycles. The Labute approximate surface area is 337 Å². The van der Waals surface area contributed by atoms with Gasteiger partial charge in [-0.2, -0.15) is 0 Å². The Kier molecular flexibility index (Phi) is 40.6. The van der Waals surface area contributed by atoms with Crippen molar-refractivity contribution in [2.45, 2.75) is 194 Å². The second kappa shape index (κ2) is 43.3. The van der Waals surface area contributed by atoms with Gasteiger partial charge in [0.1, 0.15) is 13.2 Å². The Morgan fingerprint density at radius 3 is 1.25 bits per heavy atom. The number of carbonyl (C=O) groups excluding carboxylic acids is 3. The molecule has 0 N–H and O–H groups in total. The van der Waals surface area contributed by atoms with Gasteiger partial charge in [0.15, 0.2) is 6.10 Å². The zero-order valence-electron chi connectivity index (χ0n) is 35.4. The molecular weight excluding hydrogens is 685 g/mol. The van der Waals surface area contributed by atoms with Crippen LogP contribution in [0.5, 0.6) is 0 Å². The van der Waals surface area contributed by atoms with Crippen molar-refractivity contribution in [2.75, 3.05) is 13.2 Å². The first kappa shape index (κ1) is 51.6. The minimum absolute atomic E-state index is 0.121.